The molecule has 0 aliphatic carbocycles. The molecule has 1 N–H and O–H groups in total. The van der Waals surface area contributed by atoms with Crippen LogP contribution in [0.1, 0.15) is 43.9 Å². The Morgan fingerprint density at radius 1 is 1.06 bits per heavy atom. The Morgan fingerprint density at radius 2 is 1.85 bits per heavy atom. The average molecular weight is 449 g/mol. The number of nitrogens with one attached hydrogen (secondary N) is 1. The molecule has 0 atom stereocenters. The van der Waals surface area contributed by atoms with Crippen molar-refractivity contribution in [3.63, 3.8) is 0 Å². The molecule has 0 spiro atoms. The van der Waals surface area contributed by atoms with Crippen molar-refractivity contribution in [2.45, 2.75) is 45.4 Å². The SMILES string of the molecule is CCCc1nc(C(CC)(OC)OC)nn1Cc1ccc(-c2cccnc2-c2nn[nH]n2)cc1. The lowest BCUT2D eigenvalue weighted by Crippen LogP contribution is -2.31. The molecule has 0 radical (unpaired) electrons. The largest absolute Gasteiger partial charge is 0.347 e. The van der Waals surface area contributed by atoms with E-state index in [9.17, 15) is 0 Å². The van der Waals surface area contributed by atoms with Crippen molar-refractivity contribution in [3.8, 4) is 22.6 Å². The number of nitrogens with zero attached hydrogens (tertiary/aromatic N) is 7. The Balaban J connectivity index is 1.62. The third-order valence-electron chi connectivity index (χ3n) is 5.65. The summed E-state index contributed by atoms with van der Waals surface area (Å²) in [4.78, 5) is 9.20. The number of tetrazole rings is 1. The average Bonchev–Trinajstić information content (AvgIpc) is 3.53. The van der Waals surface area contributed by atoms with Gasteiger partial charge >= 0.3 is 0 Å². The van der Waals surface area contributed by atoms with Crippen LogP contribution in [0.2, 0.25) is 0 Å². The van der Waals surface area contributed by atoms with E-state index in [0.717, 1.165) is 35.4 Å². The number of rotatable bonds is 10. The lowest BCUT2D eigenvalue weighted by Gasteiger charge is -2.26. The van der Waals surface area contributed by atoms with Gasteiger partial charge in [0.1, 0.15) is 11.5 Å². The Kier molecular flexibility index (Phi) is 6.85. The van der Waals surface area contributed by atoms with Crippen LogP contribution in [-0.4, -0.2) is 54.6 Å². The maximum Gasteiger partial charge on any atom is 0.231 e. The van der Waals surface area contributed by atoms with Crippen molar-refractivity contribution < 1.29 is 9.47 Å². The molecule has 0 aliphatic heterocycles. The van der Waals surface area contributed by atoms with Gasteiger partial charge in [-0.25, -0.2) is 9.67 Å². The normalized spacial score (nSPS) is 11.8. The van der Waals surface area contributed by atoms with Gasteiger partial charge < -0.3 is 9.47 Å². The lowest BCUT2D eigenvalue weighted by molar-refractivity contribution is -0.222. The Labute approximate surface area is 192 Å². The second-order valence-electron chi connectivity index (χ2n) is 7.61. The van der Waals surface area contributed by atoms with Crippen molar-refractivity contribution in [3.05, 3.63) is 59.8 Å². The molecule has 3 aromatic heterocycles. The van der Waals surface area contributed by atoms with Crippen LogP contribution >= 0.6 is 0 Å². The molecule has 3 heterocycles. The molecular weight excluding hydrogens is 420 g/mol. The molecule has 0 bridgehead atoms. The zero-order valence-corrected chi connectivity index (χ0v) is 19.3. The van der Waals surface area contributed by atoms with Crippen LogP contribution in [0.15, 0.2) is 42.6 Å². The molecule has 172 valence electrons. The highest BCUT2D eigenvalue weighted by atomic mass is 16.7. The van der Waals surface area contributed by atoms with Crippen LogP contribution in [0, 0.1) is 0 Å². The summed E-state index contributed by atoms with van der Waals surface area (Å²) in [6.45, 7) is 4.72. The molecule has 4 aromatic rings. The summed E-state index contributed by atoms with van der Waals surface area (Å²) >= 11 is 0. The fraction of sp³-hybridized carbons (Fsp3) is 0.391. The fourth-order valence-electron chi connectivity index (χ4n) is 3.82. The first kappa shape index (κ1) is 22.7. The first-order valence-electron chi connectivity index (χ1n) is 11.0. The number of aromatic amines is 1. The Hall–Kier alpha value is -3.50. The highest BCUT2D eigenvalue weighted by Crippen LogP contribution is 2.29. The monoisotopic (exact) mass is 448 g/mol. The third-order valence-corrected chi connectivity index (χ3v) is 5.65. The van der Waals surface area contributed by atoms with E-state index >= 15 is 0 Å². The predicted molar refractivity (Wildman–Crippen MR) is 122 cm³/mol. The summed E-state index contributed by atoms with van der Waals surface area (Å²) < 4.78 is 13.2. The smallest absolute Gasteiger partial charge is 0.231 e. The Bertz CT molecular complexity index is 1160. The number of pyridine rings is 1. The zero-order chi connectivity index (χ0) is 23.3. The van der Waals surface area contributed by atoms with E-state index in [2.05, 4.69) is 56.8 Å². The third kappa shape index (κ3) is 4.53. The molecule has 0 saturated heterocycles. The summed E-state index contributed by atoms with van der Waals surface area (Å²) in [6.07, 6.45) is 4.12. The van der Waals surface area contributed by atoms with E-state index in [4.69, 9.17) is 19.6 Å². The van der Waals surface area contributed by atoms with Gasteiger partial charge in [-0.05, 0) is 28.8 Å². The molecule has 10 nitrogen and oxygen atoms in total. The molecular formula is C23H28N8O2. The van der Waals surface area contributed by atoms with Gasteiger partial charge in [-0.3, -0.25) is 4.98 Å². The summed E-state index contributed by atoms with van der Waals surface area (Å²) in [5, 5.41) is 19.0. The quantitative estimate of drug-likeness (QED) is 0.367. The Morgan fingerprint density at radius 3 is 2.48 bits per heavy atom. The van der Waals surface area contributed by atoms with Gasteiger partial charge in [-0.2, -0.15) is 5.21 Å². The standard InChI is InChI=1S/C23H28N8O2/c1-5-8-19-25-22(23(6-2,32-3)33-4)28-31(19)15-16-10-12-17(13-11-16)18-9-7-14-24-20(18)21-26-29-30-27-21/h7,9-14H,5-6,8,15H2,1-4H3,(H,26,27,29,30). The van der Waals surface area contributed by atoms with Crippen molar-refractivity contribution in [1.29, 1.82) is 0 Å². The van der Waals surface area contributed by atoms with Gasteiger partial charge in [0.25, 0.3) is 0 Å². The number of hydrogen-bond acceptors (Lipinski definition) is 8. The van der Waals surface area contributed by atoms with Crippen LogP contribution in [0.25, 0.3) is 22.6 Å². The summed E-state index contributed by atoms with van der Waals surface area (Å²) in [7, 11) is 3.24. The van der Waals surface area contributed by atoms with Crippen LogP contribution in [0.5, 0.6) is 0 Å². The number of hydrogen-bond donors (Lipinski definition) is 1. The molecule has 33 heavy (non-hydrogen) atoms. The maximum absolute atomic E-state index is 5.64. The molecule has 0 unspecified atom stereocenters. The summed E-state index contributed by atoms with van der Waals surface area (Å²) in [6, 6.07) is 12.2. The van der Waals surface area contributed by atoms with Crippen molar-refractivity contribution in [1.82, 2.24) is 40.4 Å². The zero-order valence-electron chi connectivity index (χ0n) is 19.3. The van der Waals surface area contributed by atoms with E-state index < -0.39 is 5.79 Å². The van der Waals surface area contributed by atoms with E-state index in [-0.39, 0.29) is 0 Å². The molecule has 0 amide bonds. The van der Waals surface area contributed by atoms with Gasteiger partial charge in [0, 0.05) is 38.8 Å². The van der Waals surface area contributed by atoms with Gasteiger partial charge in [0.15, 0.2) is 0 Å². The number of ether oxygens (including phenoxy) is 2. The van der Waals surface area contributed by atoms with E-state index in [1.807, 2.05) is 23.7 Å². The van der Waals surface area contributed by atoms with Gasteiger partial charge in [-0.1, -0.05) is 44.2 Å². The predicted octanol–water partition coefficient (Wildman–Crippen LogP) is 3.38. The minimum absolute atomic E-state index is 0.463. The molecule has 4 rings (SSSR count). The van der Waals surface area contributed by atoms with Crippen molar-refractivity contribution in [2.75, 3.05) is 14.2 Å². The van der Waals surface area contributed by atoms with Crippen molar-refractivity contribution >= 4 is 0 Å². The highest BCUT2D eigenvalue weighted by Gasteiger charge is 2.35. The summed E-state index contributed by atoms with van der Waals surface area (Å²) in [5.74, 6) is 0.985. The minimum atomic E-state index is -0.941. The van der Waals surface area contributed by atoms with Crippen LogP contribution < -0.4 is 0 Å². The van der Waals surface area contributed by atoms with Gasteiger partial charge in [0.05, 0.1) is 6.54 Å². The van der Waals surface area contributed by atoms with Crippen LogP contribution in [0.3, 0.4) is 0 Å². The van der Waals surface area contributed by atoms with Crippen LogP contribution in [-0.2, 0) is 28.2 Å². The minimum Gasteiger partial charge on any atom is -0.347 e. The van der Waals surface area contributed by atoms with Crippen molar-refractivity contribution in [2.24, 2.45) is 0 Å². The molecule has 0 fully saturated rings. The number of benzene rings is 1. The first-order chi connectivity index (χ1) is 16.1. The van der Waals surface area contributed by atoms with E-state index in [1.165, 1.54) is 0 Å². The molecule has 10 heteroatoms. The van der Waals surface area contributed by atoms with Gasteiger partial charge in [0.2, 0.25) is 17.4 Å². The number of H-pyrrole nitrogens is 1. The summed E-state index contributed by atoms with van der Waals surface area (Å²) in [5.41, 5.74) is 3.74. The van der Waals surface area contributed by atoms with E-state index in [1.54, 1.807) is 20.4 Å². The fourth-order valence-corrected chi connectivity index (χ4v) is 3.82. The highest BCUT2D eigenvalue weighted by molar-refractivity contribution is 5.77. The topological polar surface area (TPSA) is 117 Å². The van der Waals surface area contributed by atoms with E-state index in [0.29, 0.717) is 30.3 Å². The first-order valence-corrected chi connectivity index (χ1v) is 11.0. The molecule has 0 aliphatic rings. The number of aromatic nitrogens is 8. The molecule has 0 saturated carbocycles. The lowest BCUT2D eigenvalue weighted by atomic mass is 10.0. The molecule has 1 aromatic carbocycles. The second-order valence-corrected chi connectivity index (χ2v) is 7.61. The number of methoxy groups -OCH3 is 2. The van der Waals surface area contributed by atoms with Crippen LogP contribution in [0.4, 0.5) is 0 Å². The van der Waals surface area contributed by atoms with Gasteiger partial charge in [-0.15, -0.1) is 15.3 Å². The second kappa shape index (κ2) is 9.97. The maximum atomic E-state index is 5.64. The number of aryl methyl sites for hydroxylation is 1.